The van der Waals surface area contributed by atoms with Gasteiger partial charge in [0, 0.05) is 30.1 Å². The highest BCUT2D eigenvalue weighted by Crippen LogP contribution is 2.49. The van der Waals surface area contributed by atoms with E-state index >= 15 is 0 Å². The smallest absolute Gasteiger partial charge is 0.139 e. The monoisotopic (exact) mass is 267 g/mol. The van der Waals surface area contributed by atoms with Crippen molar-refractivity contribution in [3.8, 4) is 12.1 Å². The maximum atomic E-state index is 9.00. The minimum Gasteiger partial charge on any atom is -0.377 e. The Balaban J connectivity index is 2.45. The van der Waals surface area contributed by atoms with Gasteiger partial charge in [0.25, 0.3) is 0 Å². The first kappa shape index (κ1) is 13.3. The molecule has 19 heavy (non-hydrogen) atoms. The lowest BCUT2D eigenvalue weighted by Crippen LogP contribution is -2.03. The van der Waals surface area contributed by atoms with Crippen LogP contribution in [0.1, 0.15) is 5.56 Å². The van der Waals surface area contributed by atoms with Gasteiger partial charge in [0.1, 0.15) is 17.7 Å². The first-order chi connectivity index (χ1) is 9.13. The van der Waals surface area contributed by atoms with Crippen LogP contribution in [0.5, 0.6) is 0 Å². The van der Waals surface area contributed by atoms with Crippen LogP contribution in [0.25, 0.3) is 5.57 Å². The van der Waals surface area contributed by atoms with E-state index in [4.69, 9.17) is 10.5 Å². The maximum absolute atomic E-state index is 9.00. The van der Waals surface area contributed by atoms with Gasteiger partial charge in [0.05, 0.1) is 5.70 Å². The Morgan fingerprint density at radius 2 is 1.68 bits per heavy atom. The Morgan fingerprint density at radius 3 is 2.11 bits per heavy atom. The summed E-state index contributed by atoms with van der Waals surface area (Å²) in [7, 11) is 3.84. The summed E-state index contributed by atoms with van der Waals surface area (Å²) in [4.78, 5) is 3.14. The number of likely N-dealkylation sites (N-methyl/N-ethyl adjacent to an activating group) is 1. The second kappa shape index (κ2) is 5.22. The summed E-state index contributed by atoms with van der Waals surface area (Å²) in [6.45, 7) is 0. The van der Waals surface area contributed by atoms with Crippen molar-refractivity contribution in [3.05, 3.63) is 46.7 Å². The van der Waals surface area contributed by atoms with Gasteiger partial charge in [-0.3, -0.25) is 0 Å². The molecule has 0 atom stereocenters. The fourth-order valence-corrected chi connectivity index (χ4v) is 2.45. The zero-order valence-electron chi connectivity index (χ0n) is 11.1. The maximum Gasteiger partial charge on any atom is 0.139 e. The zero-order chi connectivity index (χ0) is 14.0. The Hall–Kier alpha value is -2.17. The van der Waals surface area contributed by atoms with Crippen molar-refractivity contribution in [2.45, 2.75) is 4.90 Å². The lowest BCUT2D eigenvalue weighted by Gasteiger charge is -2.04. The molecule has 1 aromatic carbocycles. The third-order valence-corrected chi connectivity index (χ3v) is 3.70. The number of hydrogen-bond acceptors (Lipinski definition) is 4. The summed E-state index contributed by atoms with van der Waals surface area (Å²) in [6, 6.07) is 12.1. The normalized spacial score (nSPS) is 12.8. The molecule has 0 aromatic heterocycles. The summed E-state index contributed by atoms with van der Waals surface area (Å²) in [5, 5.41) is 18.0. The number of nitrogens with zero attached hydrogens (tertiary/aromatic N) is 3. The molecule has 0 fully saturated rings. The fourth-order valence-electron chi connectivity index (χ4n) is 2.04. The lowest BCUT2D eigenvalue weighted by molar-refractivity contribution is 0.545. The number of rotatable bonds is 3. The topological polar surface area (TPSA) is 50.8 Å². The van der Waals surface area contributed by atoms with Gasteiger partial charge in [-0.25, -0.2) is 0 Å². The third kappa shape index (κ3) is 2.36. The quantitative estimate of drug-likeness (QED) is 0.624. The van der Waals surface area contributed by atoms with Gasteiger partial charge < -0.3 is 4.90 Å². The van der Waals surface area contributed by atoms with Crippen LogP contribution in [-0.2, 0) is 0 Å². The molecule has 0 bridgehead atoms. The highest BCUT2D eigenvalue weighted by atomic mass is 32.2. The number of thioether (sulfide) groups is 1. The molecule has 0 radical (unpaired) electrons. The molecule has 1 aromatic rings. The minimum absolute atomic E-state index is 0.188. The molecule has 0 unspecified atom stereocenters. The predicted octanol–water partition coefficient (Wildman–Crippen LogP) is 3.04. The van der Waals surface area contributed by atoms with Crippen molar-refractivity contribution in [2.24, 2.45) is 0 Å². The minimum atomic E-state index is 0.188. The average Bonchev–Trinajstić information content (AvgIpc) is 3.16. The van der Waals surface area contributed by atoms with Crippen molar-refractivity contribution in [3.63, 3.8) is 0 Å². The Bertz CT molecular complexity index is 636. The van der Waals surface area contributed by atoms with E-state index < -0.39 is 0 Å². The van der Waals surface area contributed by atoms with Gasteiger partial charge in [-0.2, -0.15) is 10.5 Å². The van der Waals surface area contributed by atoms with Gasteiger partial charge in [-0.15, -0.1) is 11.8 Å². The first-order valence-electron chi connectivity index (χ1n) is 5.75. The number of allylic oxidation sites excluding steroid dienone is 3. The fraction of sp³-hybridized carbons (Fsp3) is 0.200. The van der Waals surface area contributed by atoms with Gasteiger partial charge in [-0.1, -0.05) is 12.1 Å². The highest BCUT2D eigenvalue weighted by Gasteiger charge is 2.36. The average molecular weight is 267 g/mol. The van der Waals surface area contributed by atoms with Crippen molar-refractivity contribution < 1.29 is 0 Å². The van der Waals surface area contributed by atoms with E-state index in [1.807, 2.05) is 49.5 Å². The molecular formula is C15H13N3S. The van der Waals surface area contributed by atoms with Crippen molar-refractivity contribution in [1.82, 2.24) is 4.90 Å². The molecule has 2 rings (SSSR count). The van der Waals surface area contributed by atoms with Crippen LogP contribution >= 0.6 is 11.8 Å². The standard InChI is InChI=1S/C15H13N3S/c1-18(2)15-13(14(15)11(8-16)9-17)10-4-6-12(19-3)7-5-10/h4-7H,1-3H3. The van der Waals surface area contributed by atoms with Crippen LogP contribution in [0.2, 0.25) is 0 Å². The third-order valence-electron chi connectivity index (χ3n) is 2.96. The molecule has 0 N–H and O–H groups in total. The molecule has 0 saturated heterocycles. The molecule has 1 aliphatic carbocycles. The molecule has 0 spiro atoms. The van der Waals surface area contributed by atoms with Gasteiger partial charge in [0.15, 0.2) is 0 Å². The van der Waals surface area contributed by atoms with E-state index in [2.05, 4.69) is 12.1 Å². The van der Waals surface area contributed by atoms with Crippen molar-refractivity contribution in [1.29, 1.82) is 10.5 Å². The van der Waals surface area contributed by atoms with Gasteiger partial charge in [-0.05, 0) is 24.0 Å². The van der Waals surface area contributed by atoms with E-state index in [-0.39, 0.29) is 5.57 Å². The number of benzene rings is 1. The molecule has 0 amide bonds. The molecule has 94 valence electrons. The van der Waals surface area contributed by atoms with Crippen LogP contribution in [0, 0.1) is 22.7 Å². The van der Waals surface area contributed by atoms with Gasteiger partial charge >= 0.3 is 0 Å². The van der Waals surface area contributed by atoms with E-state index in [1.54, 1.807) is 11.8 Å². The molecule has 1 aliphatic rings. The highest BCUT2D eigenvalue weighted by molar-refractivity contribution is 7.98. The number of hydrogen-bond donors (Lipinski definition) is 0. The van der Waals surface area contributed by atoms with Crippen LogP contribution in [-0.4, -0.2) is 25.3 Å². The molecule has 0 heterocycles. The largest absolute Gasteiger partial charge is 0.377 e. The van der Waals surface area contributed by atoms with E-state index in [0.29, 0.717) is 0 Å². The van der Waals surface area contributed by atoms with Crippen LogP contribution < -0.4 is 0 Å². The summed E-state index contributed by atoms with van der Waals surface area (Å²) in [5.41, 5.74) is 4.02. The van der Waals surface area contributed by atoms with E-state index in [1.165, 1.54) is 4.90 Å². The molecule has 3 nitrogen and oxygen atoms in total. The van der Waals surface area contributed by atoms with Crippen LogP contribution in [0.15, 0.2) is 46.0 Å². The first-order valence-corrected chi connectivity index (χ1v) is 6.97. The van der Waals surface area contributed by atoms with E-state index in [9.17, 15) is 0 Å². The molecular weight excluding hydrogens is 254 g/mol. The SMILES string of the molecule is CSc1ccc(C2=C(N(C)C)C2=C(C#N)C#N)cc1. The molecule has 0 aliphatic heterocycles. The zero-order valence-corrected chi connectivity index (χ0v) is 11.9. The Kier molecular flexibility index (Phi) is 3.64. The summed E-state index contributed by atoms with van der Waals surface area (Å²) in [6.07, 6.45) is 2.03. The van der Waals surface area contributed by atoms with Crippen LogP contribution in [0.3, 0.4) is 0 Å². The predicted molar refractivity (Wildman–Crippen MR) is 77.1 cm³/mol. The van der Waals surface area contributed by atoms with Gasteiger partial charge in [0.2, 0.25) is 0 Å². The number of nitriles is 2. The molecule has 0 saturated carbocycles. The molecule has 4 heteroatoms. The summed E-state index contributed by atoms with van der Waals surface area (Å²) >= 11 is 1.69. The second-order valence-electron chi connectivity index (χ2n) is 4.32. The van der Waals surface area contributed by atoms with Crippen molar-refractivity contribution >= 4 is 17.3 Å². The Labute approximate surface area is 117 Å². The van der Waals surface area contributed by atoms with Crippen LogP contribution in [0.4, 0.5) is 0 Å². The second-order valence-corrected chi connectivity index (χ2v) is 5.20. The summed E-state index contributed by atoms with van der Waals surface area (Å²) in [5.74, 6) is 0. The van der Waals surface area contributed by atoms with E-state index in [0.717, 1.165) is 22.4 Å². The lowest BCUT2D eigenvalue weighted by atomic mass is 10.1. The Morgan fingerprint density at radius 1 is 1.11 bits per heavy atom. The van der Waals surface area contributed by atoms with Crippen molar-refractivity contribution in [2.75, 3.05) is 20.4 Å². The summed E-state index contributed by atoms with van der Waals surface area (Å²) < 4.78 is 0.